The number of hydrogen-bond donors (Lipinski definition) is 2. The van der Waals surface area contributed by atoms with Gasteiger partial charge in [0.25, 0.3) is 0 Å². The number of amides is 1. The quantitative estimate of drug-likeness (QED) is 0.816. The summed E-state index contributed by atoms with van der Waals surface area (Å²) in [7, 11) is 0. The van der Waals surface area contributed by atoms with Crippen LogP contribution in [0.15, 0.2) is 0 Å². The predicted octanol–water partition coefficient (Wildman–Crippen LogP) is 3.46. The topological polar surface area (TPSA) is 66.4 Å². The van der Waals surface area contributed by atoms with E-state index in [1.165, 1.54) is 12.8 Å². The maximum atomic E-state index is 11.9. The third-order valence-corrected chi connectivity index (χ3v) is 4.46. The number of nitrogens with one attached hydrogen (secondary N) is 1. The van der Waals surface area contributed by atoms with Gasteiger partial charge >= 0.3 is 5.97 Å². The molecule has 21 heavy (non-hydrogen) atoms. The first kappa shape index (κ1) is 18.0. The molecule has 2 N–H and O–H groups in total. The fourth-order valence-corrected chi connectivity index (χ4v) is 3.21. The number of rotatable bonds is 5. The van der Waals surface area contributed by atoms with Crippen LogP contribution in [0.4, 0.5) is 0 Å². The number of aliphatic carboxylic acids is 1. The lowest BCUT2D eigenvalue weighted by Crippen LogP contribution is -2.40. The van der Waals surface area contributed by atoms with Gasteiger partial charge < -0.3 is 10.4 Å². The van der Waals surface area contributed by atoms with Crippen LogP contribution in [0.3, 0.4) is 0 Å². The van der Waals surface area contributed by atoms with E-state index in [0.717, 1.165) is 12.8 Å². The smallest absolute Gasteiger partial charge is 0.308 e. The molecule has 1 saturated carbocycles. The Morgan fingerprint density at radius 3 is 2.43 bits per heavy atom. The van der Waals surface area contributed by atoms with Crippen LogP contribution in [-0.2, 0) is 9.59 Å². The zero-order valence-electron chi connectivity index (χ0n) is 14.2. The molecule has 122 valence electrons. The van der Waals surface area contributed by atoms with Gasteiger partial charge in [-0.2, -0.15) is 0 Å². The molecule has 1 fully saturated rings. The summed E-state index contributed by atoms with van der Waals surface area (Å²) in [5, 5.41) is 12.2. The summed E-state index contributed by atoms with van der Waals surface area (Å²) in [6.45, 7) is 10.3. The molecule has 0 aromatic heterocycles. The lowest BCUT2D eigenvalue weighted by atomic mass is 9.70. The molecule has 0 spiro atoms. The highest BCUT2D eigenvalue weighted by molar-refractivity contribution is 5.82. The van der Waals surface area contributed by atoms with Crippen LogP contribution < -0.4 is 5.32 Å². The van der Waals surface area contributed by atoms with E-state index >= 15 is 0 Å². The second kappa shape index (κ2) is 6.80. The summed E-state index contributed by atoms with van der Waals surface area (Å²) < 4.78 is 0. The number of carbonyl (C=O) groups excluding carboxylic acids is 1. The van der Waals surface area contributed by atoms with E-state index in [1.54, 1.807) is 0 Å². The Balaban J connectivity index is 2.54. The van der Waals surface area contributed by atoms with Gasteiger partial charge in [0.15, 0.2) is 0 Å². The van der Waals surface area contributed by atoms with E-state index in [-0.39, 0.29) is 12.5 Å². The Labute approximate surface area is 128 Å². The summed E-state index contributed by atoms with van der Waals surface area (Å²) in [5.41, 5.74) is -0.156. The molecule has 0 aromatic carbocycles. The molecule has 0 heterocycles. The van der Waals surface area contributed by atoms with Gasteiger partial charge in [-0.3, -0.25) is 9.59 Å². The van der Waals surface area contributed by atoms with Gasteiger partial charge in [0.05, 0.1) is 5.92 Å². The minimum Gasteiger partial charge on any atom is -0.481 e. The molecule has 0 radical (unpaired) electrons. The zero-order chi connectivity index (χ0) is 16.3. The molecule has 1 aliphatic carbocycles. The second-order valence-corrected chi connectivity index (χ2v) is 8.36. The Kier molecular flexibility index (Phi) is 5.83. The van der Waals surface area contributed by atoms with Crippen LogP contribution >= 0.6 is 0 Å². The number of hydrogen-bond acceptors (Lipinski definition) is 2. The Morgan fingerprint density at radius 2 is 1.95 bits per heavy atom. The first-order valence-electron chi connectivity index (χ1n) is 8.02. The fraction of sp³-hybridized carbons (Fsp3) is 0.882. The normalized spacial score (nSPS) is 23.4. The molecule has 4 nitrogen and oxygen atoms in total. The maximum Gasteiger partial charge on any atom is 0.308 e. The average molecular weight is 297 g/mol. The average Bonchev–Trinajstić information content (AvgIpc) is 2.31. The van der Waals surface area contributed by atoms with Crippen LogP contribution in [-0.4, -0.2) is 23.5 Å². The maximum absolute atomic E-state index is 11.9. The number of carbonyl (C=O) groups is 2. The van der Waals surface area contributed by atoms with Gasteiger partial charge in [0.2, 0.25) is 5.91 Å². The lowest BCUT2D eigenvalue weighted by Gasteiger charge is -2.36. The van der Waals surface area contributed by atoms with Crippen molar-refractivity contribution in [2.45, 2.75) is 66.7 Å². The van der Waals surface area contributed by atoms with Crippen molar-refractivity contribution < 1.29 is 14.7 Å². The number of carboxylic acid groups (broad SMARTS) is 1. The standard InChI is InChI=1S/C17H31NO3/c1-16(2,3)15(21)18-11-13(14(19)20)9-12-7-6-8-17(4,5)10-12/h12-13H,6-11H2,1-5H3,(H,18,21)(H,19,20). The van der Waals surface area contributed by atoms with Crippen molar-refractivity contribution in [2.75, 3.05) is 6.54 Å². The van der Waals surface area contributed by atoms with Crippen LogP contribution in [0.25, 0.3) is 0 Å². The summed E-state index contributed by atoms with van der Waals surface area (Å²) in [5.74, 6) is -0.901. The van der Waals surface area contributed by atoms with Gasteiger partial charge in [-0.1, -0.05) is 47.5 Å². The monoisotopic (exact) mass is 297 g/mol. The molecule has 1 amide bonds. The molecule has 1 aliphatic rings. The molecule has 0 bridgehead atoms. The summed E-state index contributed by atoms with van der Waals surface area (Å²) in [6.07, 6.45) is 5.27. The van der Waals surface area contributed by atoms with E-state index < -0.39 is 17.3 Å². The molecule has 2 atom stereocenters. The van der Waals surface area contributed by atoms with Crippen LogP contribution in [0.1, 0.15) is 66.7 Å². The zero-order valence-corrected chi connectivity index (χ0v) is 14.2. The molecular formula is C17H31NO3. The summed E-state index contributed by atoms with van der Waals surface area (Å²) in [4.78, 5) is 23.3. The highest BCUT2D eigenvalue weighted by Crippen LogP contribution is 2.40. The highest BCUT2D eigenvalue weighted by atomic mass is 16.4. The van der Waals surface area contributed by atoms with E-state index in [9.17, 15) is 14.7 Å². The van der Waals surface area contributed by atoms with Crippen molar-refractivity contribution >= 4 is 11.9 Å². The van der Waals surface area contributed by atoms with Gasteiger partial charge in [-0.15, -0.1) is 0 Å². The van der Waals surface area contributed by atoms with E-state index in [2.05, 4.69) is 19.2 Å². The summed E-state index contributed by atoms with van der Waals surface area (Å²) in [6, 6.07) is 0. The van der Waals surface area contributed by atoms with Crippen LogP contribution in [0.2, 0.25) is 0 Å². The molecule has 0 aromatic rings. The van der Waals surface area contributed by atoms with Crippen molar-refractivity contribution in [2.24, 2.45) is 22.7 Å². The van der Waals surface area contributed by atoms with Crippen LogP contribution in [0, 0.1) is 22.7 Å². The number of carboxylic acids is 1. The molecule has 4 heteroatoms. The predicted molar refractivity (Wildman–Crippen MR) is 83.9 cm³/mol. The molecule has 0 saturated heterocycles. The van der Waals surface area contributed by atoms with Crippen molar-refractivity contribution in [3.63, 3.8) is 0 Å². The lowest BCUT2D eigenvalue weighted by molar-refractivity contribution is -0.142. The third-order valence-electron chi connectivity index (χ3n) is 4.46. The highest BCUT2D eigenvalue weighted by Gasteiger charge is 2.32. The van der Waals surface area contributed by atoms with E-state index in [0.29, 0.717) is 17.8 Å². The largest absolute Gasteiger partial charge is 0.481 e. The molecule has 2 unspecified atom stereocenters. The first-order valence-corrected chi connectivity index (χ1v) is 8.02. The Hall–Kier alpha value is -1.06. The molecule has 1 rings (SSSR count). The van der Waals surface area contributed by atoms with Gasteiger partial charge in [-0.25, -0.2) is 0 Å². The van der Waals surface area contributed by atoms with E-state index in [1.807, 2.05) is 20.8 Å². The molecular weight excluding hydrogens is 266 g/mol. The minimum atomic E-state index is -0.799. The van der Waals surface area contributed by atoms with Crippen molar-refractivity contribution in [1.29, 1.82) is 0 Å². The summed E-state index contributed by atoms with van der Waals surface area (Å²) >= 11 is 0. The van der Waals surface area contributed by atoms with Crippen molar-refractivity contribution in [3.8, 4) is 0 Å². The Bertz CT molecular complexity index is 382. The second-order valence-electron chi connectivity index (χ2n) is 8.36. The fourth-order valence-electron chi connectivity index (χ4n) is 3.21. The Morgan fingerprint density at radius 1 is 1.33 bits per heavy atom. The van der Waals surface area contributed by atoms with Crippen molar-refractivity contribution in [3.05, 3.63) is 0 Å². The van der Waals surface area contributed by atoms with Crippen molar-refractivity contribution in [1.82, 2.24) is 5.32 Å². The van der Waals surface area contributed by atoms with Gasteiger partial charge in [0.1, 0.15) is 0 Å². The van der Waals surface area contributed by atoms with Crippen LogP contribution in [0.5, 0.6) is 0 Å². The third kappa shape index (κ3) is 6.06. The van der Waals surface area contributed by atoms with Gasteiger partial charge in [0, 0.05) is 12.0 Å². The van der Waals surface area contributed by atoms with Gasteiger partial charge in [-0.05, 0) is 30.6 Å². The first-order chi connectivity index (χ1) is 9.51. The van der Waals surface area contributed by atoms with E-state index in [4.69, 9.17) is 0 Å². The molecule has 0 aliphatic heterocycles. The minimum absolute atomic E-state index is 0.0854. The SMILES string of the molecule is CC1(C)CCCC(CC(CNC(=O)C(C)(C)C)C(=O)O)C1.